The molecule has 7 nitrogen and oxygen atoms in total. The van der Waals surface area contributed by atoms with Crippen molar-refractivity contribution in [2.45, 2.75) is 39.0 Å². The lowest BCUT2D eigenvalue weighted by atomic mass is 9.89. The number of anilines is 1. The van der Waals surface area contributed by atoms with Crippen LogP contribution < -0.4 is 15.4 Å². The molecule has 2 aromatic rings. The molecule has 1 aromatic heterocycles. The number of carbonyl (C=O) groups is 2. The van der Waals surface area contributed by atoms with Crippen LogP contribution in [0.2, 0.25) is 0 Å². The van der Waals surface area contributed by atoms with Crippen LogP contribution in [0.25, 0.3) is 0 Å². The minimum absolute atomic E-state index is 0.130. The van der Waals surface area contributed by atoms with Crippen molar-refractivity contribution < 1.29 is 14.3 Å². The zero-order chi connectivity index (χ0) is 18.7. The molecule has 1 aliphatic heterocycles. The van der Waals surface area contributed by atoms with Crippen molar-refractivity contribution in [1.82, 2.24) is 15.5 Å². The van der Waals surface area contributed by atoms with Crippen molar-refractivity contribution in [3.8, 4) is 5.75 Å². The molecule has 0 saturated heterocycles. The zero-order valence-corrected chi connectivity index (χ0v) is 15.3. The quantitative estimate of drug-likeness (QED) is 0.692. The number of rotatable bonds is 6. The van der Waals surface area contributed by atoms with Crippen LogP contribution in [0, 0.1) is 13.8 Å². The van der Waals surface area contributed by atoms with E-state index in [1.165, 1.54) is 5.56 Å². The minimum atomic E-state index is -0.494. The number of ether oxygens (including phenoxy) is 1. The summed E-state index contributed by atoms with van der Waals surface area (Å²) >= 11 is 0. The van der Waals surface area contributed by atoms with Gasteiger partial charge in [0.05, 0.1) is 18.7 Å². The summed E-state index contributed by atoms with van der Waals surface area (Å²) in [4.78, 5) is 24.6. The first kappa shape index (κ1) is 18.0. The highest BCUT2D eigenvalue weighted by molar-refractivity contribution is 6.01. The Balaban J connectivity index is 1.62. The number of fused-ring (bicyclic) bond motifs is 1. The van der Waals surface area contributed by atoms with Crippen molar-refractivity contribution in [1.29, 1.82) is 0 Å². The Morgan fingerprint density at radius 3 is 2.88 bits per heavy atom. The van der Waals surface area contributed by atoms with E-state index < -0.39 is 5.92 Å². The van der Waals surface area contributed by atoms with Crippen LogP contribution in [-0.2, 0) is 16.0 Å². The van der Waals surface area contributed by atoms with Gasteiger partial charge in [0.1, 0.15) is 5.75 Å². The molecule has 7 heteroatoms. The molecule has 0 aliphatic carbocycles. The molecule has 1 unspecified atom stereocenters. The fraction of sp³-hybridized carbons (Fsp3) is 0.421. The van der Waals surface area contributed by atoms with Gasteiger partial charge < -0.3 is 15.4 Å². The van der Waals surface area contributed by atoms with Crippen molar-refractivity contribution in [2.75, 3.05) is 19.0 Å². The van der Waals surface area contributed by atoms with Crippen LogP contribution in [0.4, 0.5) is 5.69 Å². The maximum absolute atomic E-state index is 12.7. The van der Waals surface area contributed by atoms with Crippen molar-refractivity contribution in [3.63, 3.8) is 0 Å². The number of H-pyrrole nitrogens is 1. The third kappa shape index (κ3) is 3.71. The first-order chi connectivity index (χ1) is 12.5. The number of aryl methyl sites for hydroxylation is 2. The fourth-order valence-electron chi connectivity index (χ4n) is 3.34. The second kappa shape index (κ2) is 7.59. The molecule has 26 heavy (non-hydrogen) atoms. The number of methoxy groups -OCH3 is 1. The van der Waals surface area contributed by atoms with Gasteiger partial charge in [-0.1, -0.05) is 0 Å². The van der Waals surface area contributed by atoms with Gasteiger partial charge in [0, 0.05) is 24.3 Å². The Kier molecular flexibility index (Phi) is 5.25. The molecule has 138 valence electrons. The van der Waals surface area contributed by atoms with Gasteiger partial charge in [-0.25, -0.2) is 0 Å². The molecular formula is C19H24N4O3. The summed E-state index contributed by atoms with van der Waals surface area (Å²) in [5.41, 5.74) is 4.73. The third-order valence-corrected chi connectivity index (χ3v) is 4.80. The fourth-order valence-corrected chi connectivity index (χ4v) is 3.34. The van der Waals surface area contributed by atoms with E-state index in [1.54, 1.807) is 19.2 Å². The van der Waals surface area contributed by atoms with E-state index in [4.69, 9.17) is 4.74 Å². The van der Waals surface area contributed by atoms with E-state index in [0.717, 1.165) is 29.8 Å². The lowest BCUT2D eigenvalue weighted by molar-refractivity contribution is -0.126. The zero-order valence-electron chi connectivity index (χ0n) is 15.3. The Bertz CT molecular complexity index is 809. The molecule has 1 aromatic carbocycles. The molecule has 0 bridgehead atoms. The Labute approximate surface area is 152 Å². The summed E-state index contributed by atoms with van der Waals surface area (Å²) in [6.07, 6.45) is 1.81. The molecule has 0 spiro atoms. The Morgan fingerprint density at radius 1 is 1.38 bits per heavy atom. The number of hydrogen-bond acceptors (Lipinski definition) is 4. The summed E-state index contributed by atoms with van der Waals surface area (Å²) in [7, 11) is 1.58. The summed E-state index contributed by atoms with van der Waals surface area (Å²) in [6, 6.07) is 5.36. The number of carbonyl (C=O) groups excluding carboxylic acids is 2. The summed E-state index contributed by atoms with van der Waals surface area (Å²) in [6.45, 7) is 4.53. The summed E-state index contributed by atoms with van der Waals surface area (Å²) in [5, 5.41) is 12.9. The maximum Gasteiger partial charge on any atom is 0.228 e. The van der Waals surface area contributed by atoms with E-state index in [0.29, 0.717) is 18.0 Å². The smallest absolute Gasteiger partial charge is 0.228 e. The van der Waals surface area contributed by atoms with E-state index in [9.17, 15) is 9.59 Å². The predicted octanol–water partition coefficient (Wildman–Crippen LogP) is 2.21. The molecule has 3 rings (SSSR count). The van der Waals surface area contributed by atoms with E-state index in [1.807, 2.05) is 19.9 Å². The van der Waals surface area contributed by atoms with E-state index >= 15 is 0 Å². The average molecular weight is 356 g/mol. The van der Waals surface area contributed by atoms with Crippen LogP contribution in [0.3, 0.4) is 0 Å². The maximum atomic E-state index is 12.7. The largest absolute Gasteiger partial charge is 0.497 e. The highest BCUT2D eigenvalue weighted by atomic mass is 16.5. The molecule has 3 N–H and O–H groups in total. The van der Waals surface area contributed by atoms with Gasteiger partial charge >= 0.3 is 0 Å². The molecule has 0 saturated carbocycles. The highest BCUT2D eigenvalue weighted by Gasteiger charge is 2.30. The lowest BCUT2D eigenvalue weighted by Gasteiger charge is -2.25. The van der Waals surface area contributed by atoms with Gasteiger partial charge in [-0.2, -0.15) is 5.10 Å². The normalized spacial score (nSPS) is 16.0. The third-order valence-electron chi connectivity index (χ3n) is 4.80. The van der Waals surface area contributed by atoms with Gasteiger partial charge in [0.15, 0.2) is 0 Å². The van der Waals surface area contributed by atoms with Crippen LogP contribution in [0.5, 0.6) is 5.75 Å². The number of benzene rings is 1. The number of aromatic nitrogens is 2. The van der Waals surface area contributed by atoms with Crippen molar-refractivity contribution >= 4 is 17.5 Å². The number of aromatic amines is 1. The van der Waals surface area contributed by atoms with Crippen LogP contribution in [-0.4, -0.2) is 35.7 Å². The molecule has 0 radical (unpaired) electrons. The number of nitrogens with one attached hydrogen (secondary N) is 3. The van der Waals surface area contributed by atoms with Gasteiger partial charge in [0.2, 0.25) is 11.8 Å². The van der Waals surface area contributed by atoms with Crippen LogP contribution in [0.1, 0.15) is 41.3 Å². The lowest BCUT2D eigenvalue weighted by Crippen LogP contribution is -2.35. The number of hydrogen-bond donors (Lipinski definition) is 3. The molecule has 1 atom stereocenters. The van der Waals surface area contributed by atoms with Crippen molar-refractivity contribution in [3.05, 3.63) is 40.7 Å². The molecule has 1 aliphatic rings. The summed E-state index contributed by atoms with van der Waals surface area (Å²) < 4.78 is 5.24. The number of amides is 2. The minimum Gasteiger partial charge on any atom is -0.497 e. The highest BCUT2D eigenvalue weighted by Crippen LogP contribution is 2.35. The second-order valence-corrected chi connectivity index (χ2v) is 6.57. The molecule has 2 amide bonds. The molecule has 0 fully saturated rings. The Morgan fingerprint density at radius 2 is 2.19 bits per heavy atom. The SMILES string of the molecule is COc1ccc2c(c1)C(C(=O)NCCCc1c(C)n[nH]c1C)CC(=O)N2. The molecular weight excluding hydrogens is 332 g/mol. The predicted molar refractivity (Wildman–Crippen MR) is 98.4 cm³/mol. The number of nitrogens with zero attached hydrogens (tertiary/aromatic N) is 1. The van der Waals surface area contributed by atoms with E-state index in [-0.39, 0.29) is 18.2 Å². The van der Waals surface area contributed by atoms with Gasteiger partial charge in [0.25, 0.3) is 0 Å². The van der Waals surface area contributed by atoms with Crippen molar-refractivity contribution in [2.24, 2.45) is 0 Å². The Hall–Kier alpha value is -2.83. The standard InChI is InChI=1S/C19H24N4O3/c1-11-14(12(2)23-22-11)5-4-8-20-19(25)16-10-18(24)21-17-7-6-13(26-3)9-15(16)17/h6-7,9,16H,4-5,8,10H2,1-3H3,(H,20,25)(H,21,24)(H,22,23). The topological polar surface area (TPSA) is 96.1 Å². The first-order valence-electron chi connectivity index (χ1n) is 8.75. The van der Waals surface area contributed by atoms with Gasteiger partial charge in [-0.3, -0.25) is 14.7 Å². The van der Waals surface area contributed by atoms with Gasteiger partial charge in [-0.15, -0.1) is 0 Å². The molecule has 2 heterocycles. The van der Waals surface area contributed by atoms with Gasteiger partial charge in [-0.05, 0) is 56.0 Å². The monoisotopic (exact) mass is 356 g/mol. The summed E-state index contributed by atoms with van der Waals surface area (Å²) in [5.74, 6) is -0.0997. The van der Waals surface area contributed by atoms with E-state index in [2.05, 4.69) is 20.8 Å². The second-order valence-electron chi connectivity index (χ2n) is 6.57. The first-order valence-corrected chi connectivity index (χ1v) is 8.75. The van der Waals surface area contributed by atoms with Crippen LogP contribution in [0.15, 0.2) is 18.2 Å². The van der Waals surface area contributed by atoms with Crippen LogP contribution >= 0.6 is 0 Å². The average Bonchev–Trinajstić information content (AvgIpc) is 2.95.